The number of carbonyl (C=O) groups is 1. The predicted molar refractivity (Wildman–Crippen MR) is 53.3 cm³/mol. The van der Waals surface area contributed by atoms with Crippen LogP contribution in [0.2, 0.25) is 0 Å². The molecule has 0 radical (unpaired) electrons. The van der Waals surface area contributed by atoms with Crippen LogP contribution in [-0.4, -0.2) is 48.3 Å². The van der Waals surface area contributed by atoms with E-state index in [4.69, 9.17) is 9.84 Å². The Morgan fingerprint density at radius 1 is 1.50 bits per heavy atom. The number of likely N-dealkylation sites (tertiary alicyclic amines) is 1. The highest BCUT2D eigenvalue weighted by Gasteiger charge is 2.12. The van der Waals surface area contributed by atoms with E-state index in [0.717, 1.165) is 13.0 Å². The average Bonchev–Trinajstić information content (AvgIpc) is 2.64. The third kappa shape index (κ3) is 4.07. The van der Waals surface area contributed by atoms with Crippen molar-refractivity contribution in [1.29, 1.82) is 0 Å². The third-order valence-electron chi connectivity index (χ3n) is 2.53. The molecule has 0 unspecified atom stereocenters. The van der Waals surface area contributed by atoms with E-state index in [0.29, 0.717) is 6.61 Å². The lowest BCUT2D eigenvalue weighted by Crippen LogP contribution is -2.24. The second-order valence-corrected chi connectivity index (χ2v) is 3.75. The molecule has 1 rings (SSSR count). The number of nitrogens with zero attached hydrogens (tertiary/aromatic N) is 1. The first-order valence-corrected chi connectivity index (χ1v) is 5.27. The van der Waals surface area contributed by atoms with Gasteiger partial charge in [-0.2, -0.15) is 0 Å². The summed E-state index contributed by atoms with van der Waals surface area (Å²) in [5, 5.41) is 8.56. The Morgan fingerprint density at radius 3 is 2.71 bits per heavy atom. The predicted octanol–water partition coefficient (Wildman–Crippen LogP) is 0.962. The molecule has 4 heteroatoms. The van der Waals surface area contributed by atoms with Gasteiger partial charge in [0.15, 0.2) is 6.10 Å². The second-order valence-electron chi connectivity index (χ2n) is 3.75. The van der Waals surface area contributed by atoms with Crippen molar-refractivity contribution in [2.24, 2.45) is 0 Å². The Morgan fingerprint density at radius 2 is 2.14 bits per heavy atom. The van der Waals surface area contributed by atoms with E-state index in [9.17, 15) is 4.79 Å². The fraction of sp³-hybridized carbons (Fsp3) is 0.900. The van der Waals surface area contributed by atoms with Crippen LogP contribution in [0.1, 0.15) is 26.2 Å². The van der Waals surface area contributed by atoms with E-state index in [2.05, 4.69) is 4.90 Å². The van der Waals surface area contributed by atoms with Gasteiger partial charge in [-0.1, -0.05) is 0 Å². The zero-order chi connectivity index (χ0) is 10.4. The van der Waals surface area contributed by atoms with Crippen molar-refractivity contribution in [3.8, 4) is 0 Å². The summed E-state index contributed by atoms with van der Waals surface area (Å²) in [6.45, 7) is 5.53. The number of hydrogen-bond donors (Lipinski definition) is 1. The van der Waals surface area contributed by atoms with Crippen molar-refractivity contribution in [3.63, 3.8) is 0 Å². The molecule has 1 N–H and O–H groups in total. The second kappa shape index (κ2) is 5.98. The van der Waals surface area contributed by atoms with Crippen LogP contribution in [-0.2, 0) is 9.53 Å². The lowest BCUT2D eigenvalue weighted by atomic mass is 10.4. The first-order chi connectivity index (χ1) is 6.70. The minimum Gasteiger partial charge on any atom is -0.479 e. The van der Waals surface area contributed by atoms with Crippen LogP contribution in [0.25, 0.3) is 0 Å². The maximum atomic E-state index is 10.4. The smallest absolute Gasteiger partial charge is 0.332 e. The summed E-state index contributed by atoms with van der Waals surface area (Å²) in [6, 6.07) is 0. The molecule has 1 heterocycles. The maximum Gasteiger partial charge on any atom is 0.332 e. The van der Waals surface area contributed by atoms with Crippen LogP contribution in [0.5, 0.6) is 0 Å². The van der Waals surface area contributed by atoms with Crippen LogP contribution in [0, 0.1) is 0 Å². The number of aliphatic carboxylic acids is 1. The van der Waals surface area contributed by atoms with Crippen molar-refractivity contribution in [2.75, 3.05) is 26.2 Å². The van der Waals surface area contributed by atoms with Gasteiger partial charge in [-0.05, 0) is 39.3 Å². The van der Waals surface area contributed by atoms with Gasteiger partial charge in [0, 0.05) is 13.2 Å². The summed E-state index contributed by atoms with van der Waals surface area (Å²) in [4.78, 5) is 12.8. The van der Waals surface area contributed by atoms with Gasteiger partial charge in [0.05, 0.1) is 0 Å². The Hall–Kier alpha value is -0.610. The third-order valence-corrected chi connectivity index (χ3v) is 2.53. The molecule has 1 saturated heterocycles. The van der Waals surface area contributed by atoms with Crippen molar-refractivity contribution < 1.29 is 14.6 Å². The zero-order valence-electron chi connectivity index (χ0n) is 8.74. The van der Waals surface area contributed by atoms with Crippen LogP contribution in [0.4, 0.5) is 0 Å². The molecule has 1 aliphatic rings. The zero-order valence-corrected chi connectivity index (χ0v) is 8.74. The molecule has 0 aromatic heterocycles. The van der Waals surface area contributed by atoms with Gasteiger partial charge in [-0.15, -0.1) is 0 Å². The van der Waals surface area contributed by atoms with Crippen LogP contribution < -0.4 is 0 Å². The Labute approximate surface area is 84.8 Å². The molecule has 14 heavy (non-hydrogen) atoms. The molecule has 0 saturated carbocycles. The molecular formula is C10H19NO3. The molecule has 0 amide bonds. The fourth-order valence-corrected chi connectivity index (χ4v) is 1.63. The van der Waals surface area contributed by atoms with Crippen molar-refractivity contribution in [2.45, 2.75) is 32.3 Å². The minimum absolute atomic E-state index is 0.546. The van der Waals surface area contributed by atoms with Gasteiger partial charge in [-0.25, -0.2) is 4.79 Å². The van der Waals surface area contributed by atoms with Crippen LogP contribution >= 0.6 is 0 Å². The van der Waals surface area contributed by atoms with Gasteiger partial charge in [0.1, 0.15) is 0 Å². The van der Waals surface area contributed by atoms with Crippen LogP contribution in [0.15, 0.2) is 0 Å². The van der Waals surface area contributed by atoms with Gasteiger partial charge in [0.25, 0.3) is 0 Å². The molecule has 0 aliphatic carbocycles. The molecule has 1 atom stereocenters. The molecule has 0 bridgehead atoms. The summed E-state index contributed by atoms with van der Waals surface area (Å²) in [5.74, 6) is -0.883. The van der Waals surface area contributed by atoms with E-state index >= 15 is 0 Å². The molecule has 0 aromatic carbocycles. The Kier molecular flexibility index (Phi) is 4.90. The summed E-state index contributed by atoms with van der Waals surface area (Å²) >= 11 is 0. The summed E-state index contributed by atoms with van der Waals surface area (Å²) in [7, 11) is 0. The topological polar surface area (TPSA) is 49.8 Å². The molecule has 82 valence electrons. The fourth-order valence-electron chi connectivity index (χ4n) is 1.63. The molecule has 0 spiro atoms. The van der Waals surface area contributed by atoms with Gasteiger partial charge in [0.2, 0.25) is 0 Å². The number of ether oxygens (including phenoxy) is 1. The van der Waals surface area contributed by atoms with E-state index < -0.39 is 12.1 Å². The van der Waals surface area contributed by atoms with Gasteiger partial charge in [-0.3, -0.25) is 0 Å². The quantitative estimate of drug-likeness (QED) is 0.650. The molecule has 0 aromatic rings. The standard InChI is InChI=1S/C10H19NO3/c1-9(10(12)13)14-8-4-7-11-5-2-3-6-11/h9H,2-8H2,1H3,(H,12,13)/t9-/m1/s1. The molecular weight excluding hydrogens is 182 g/mol. The normalized spacial score (nSPS) is 19.8. The lowest BCUT2D eigenvalue weighted by molar-refractivity contribution is -0.149. The van der Waals surface area contributed by atoms with Gasteiger partial charge >= 0.3 is 5.97 Å². The van der Waals surface area contributed by atoms with E-state index in [-0.39, 0.29) is 0 Å². The molecule has 4 nitrogen and oxygen atoms in total. The first-order valence-electron chi connectivity index (χ1n) is 5.27. The Bertz CT molecular complexity index is 178. The lowest BCUT2D eigenvalue weighted by Gasteiger charge is -2.14. The molecule has 1 aliphatic heterocycles. The summed E-state index contributed by atoms with van der Waals surface area (Å²) < 4.78 is 5.14. The summed E-state index contributed by atoms with van der Waals surface area (Å²) in [5.41, 5.74) is 0. The van der Waals surface area contributed by atoms with Crippen LogP contribution in [0.3, 0.4) is 0 Å². The largest absolute Gasteiger partial charge is 0.479 e. The average molecular weight is 201 g/mol. The number of carboxylic acids is 1. The van der Waals surface area contributed by atoms with E-state index in [1.54, 1.807) is 6.92 Å². The van der Waals surface area contributed by atoms with Crippen molar-refractivity contribution in [1.82, 2.24) is 4.90 Å². The monoisotopic (exact) mass is 201 g/mol. The highest BCUT2D eigenvalue weighted by Crippen LogP contribution is 2.07. The summed E-state index contributed by atoms with van der Waals surface area (Å²) in [6.07, 6.45) is 2.85. The molecule has 1 fully saturated rings. The highest BCUT2D eigenvalue weighted by molar-refractivity contribution is 5.71. The number of hydrogen-bond acceptors (Lipinski definition) is 3. The maximum absolute atomic E-state index is 10.4. The van der Waals surface area contributed by atoms with E-state index in [1.807, 2.05) is 0 Å². The SMILES string of the molecule is C[C@@H](OCCCN1CCCC1)C(=O)O. The minimum atomic E-state index is -0.883. The Balaban J connectivity index is 1.95. The van der Waals surface area contributed by atoms with Crippen molar-refractivity contribution in [3.05, 3.63) is 0 Å². The van der Waals surface area contributed by atoms with Crippen molar-refractivity contribution >= 4 is 5.97 Å². The van der Waals surface area contributed by atoms with Gasteiger partial charge < -0.3 is 14.7 Å². The number of rotatable bonds is 6. The highest BCUT2D eigenvalue weighted by atomic mass is 16.5. The first kappa shape index (κ1) is 11.5. The number of carboxylic acid groups (broad SMARTS) is 1. The van der Waals surface area contributed by atoms with E-state index in [1.165, 1.54) is 25.9 Å².